The predicted molar refractivity (Wildman–Crippen MR) is 88.2 cm³/mol. The third-order valence-electron chi connectivity index (χ3n) is 4.10. The zero-order chi connectivity index (χ0) is 17.6. The van der Waals surface area contributed by atoms with Crippen LogP contribution in [0.25, 0.3) is 10.2 Å². The van der Waals surface area contributed by atoms with Gasteiger partial charge in [0.2, 0.25) is 5.88 Å². The van der Waals surface area contributed by atoms with Crippen molar-refractivity contribution in [1.82, 2.24) is 9.55 Å². The van der Waals surface area contributed by atoms with Crippen molar-refractivity contribution < 1.29 is 13.5 Å². The fourth-order valence-corrected chi connectivity index (χ4v) is 3.57. The number of nitriles is 1. The third-order valence-corrected chi connectivity index (χ3v) is 5.05. The number of nitrogens with zero attached hydrogens (tertiary/aromatic N) is 3. The van der Waals surface area contributed by atoms with Gasteiger partial charge in [-0.25, -0.2) is 13.8 Å². The van der Waals surface area contributed by atoms with Gasteiger partial charge in [0.25, 0.3) is 5.92 Å². The van der Waals surface area contributed by atoms with Gasteiger partial charge in [0, 0.05) is 31.1 Å². The van der Waals surface area contributed by atoms with Gasteiger partial charge in [0.15, 0.2) is 0 Å². The van der Waals surface area contributed by atoms with Gasteiger partial charge in [0.1, 0.15) is 17.4 Å². The Morgan fingerprint density at radius 3 is 2.96 bits per heavy atom. The van der Waals surface area contributed by atoms with E-state index in [4.69, 9.17) is 10.00 Å². The monoisotopic (exact) mass is 359 g/mol. The molecule has 0 aliphatic heterocycles. The Kier molecular flexibility index (Phi) is 3.54. The van der Waals surface area contributed by atoms with Crippen LogP contribution in [0.1, 0.15) is 12.0 Å². The first-order valence-electron chi connectivity index (χ1n) is 7.52. The van der Waals surface area contributed by atoms with Crippen LogP contribution in [0.5, 0.6) is 11.6 Å². The molecule has 0 N–H and O–H groups in total. The summed E-state index contributed by atoms with van der Waals surface area (Å²) in [6.07, 6.45) is 1.34. The Morgan fingerprint density at radius 1 is 1.44 bits per heavy atom. The fourth-order valence-electron chi connectivity index (χ4n) is 2.64. The van der Waals surface area contributed by atoms with Gasteiger partial charge >= 0.3 is 4.87 Å². The van der Waals surface area contributed by atoms with Crippen molar-refractivity contribution in [2.24, 2.45) is 5.92 Å². The maximum absolute atomic E-state index is 13.1. The molecule has 1 aliphatic carbocycles. The molecule has 8 heteroatoms. The van der Waals surface area contributed by atoms with Crippen molar-refractivity contribution in [3.05, 3.63) is 51.8 Å². The van der Waals surface area contributed by atoms with E-state index in [0.29, 0.717) is 21.5 Å². The van der Waals surface area contributed by atoms with E-state index in [2.05, 4.69) is 4.98 Å². The zero-order valence-electron chi connectivity index (χ0n) is 12.8. The number of thiazole rings is 1. The predicted octanol–water partition coefficient (Wildman–Crippen LogP) is 3.78. The molecule has 0 radical (unpaired) electrons. The first-order valence-corrected chi connectivity index (χ1v) is 8.34. The van der Waals surface area contributed by atoms with E-state index in [9.17, 15) is 13.6 Å². The lowest BCUT2D eigenvalue weighted by Crippen LogP contribution is -2.15. The number of ether oxygens (including phenoxy) is 1. The molecule has 1 unspecified atom stereocenters. The van der Waals surface area contributed by atoms with Gasteiger partial charge in [-0.3, -0.25) is 9.36 Å². The largest absolute Gasteiger partial charge is 0.438 e. The Bertz CT molecular complexity index is 1070. The van der Waals surface area contributed by atoms with Gasteiger partial charge < -0.3 is 4.74 Å². The Labute approximate surface area is 144 Å². The van der Waals surface area contributed by atoms with Crippen LogP contribution >= 0.6 is 11.3 Å². The minimum absolute atomic E-state index is 0.0187. The summed E-state index contributed by atoms with van der Waals surface area (Å²) in [7, 11) is 0. The summed E-state index contributed by atoms with van der Waals surface area (Å²) in [5.74, 6) is -2.84. The van der Waals surface area contributed by atoms with Crippen LogP contribution in [0, 0.1) is 17.2 Å². The summed E-state index contributed by atoms with van der Waals surface area (Å²) >= 11 is 0.980. The van der Waals surface area contributed by atoms with Crippen LogP contribution in [-0.2, 0) is 6.54 Å². The summed E-state index contributed by atoms with van der Waals surface area (Å²) < 4.78 is 33.9. The van der Waals surface area contributed by atoms with E-state index >= 15 is 0 Å². The molecule has 1 saturated carbocycles. The second-order valence-electron chi connectivity index (χ2n) is 5.84. The lowest BCUT2D eigenvalue weighted by molar-refractivity contribution is 0.0953. The molecule has 5 nitrogen and oxygen atoms in total. The van der Waals surface area contributed by atoms with Crippen LogP contribution < -0.4 is 9.61 Å². The SMILES string of the molecule is N#Cc1cccnc1Oc1ccc2c(c1)sc(=O)n2CC1CC1(F)F. The molecule has 1 atom stereocenters. The summed E-state index contributed by atoms with van der Waals surface area (Å²) in [6, 6.07) is 10.2. The van der Waals surface area contributed by atoms with Crippen molar-refractivity contribution in [3.63, 3.8) is 0 Å². The van der Waals surface area contributed by atoms with Crippen molar-refractivity contribution >= 4 is 21.6 Å². The van der Waals surface area contributed by atoms with Crippen LogP contribution in [0.2, 0.25) is 0 Å². The van der Waals surface area contributed by atoms with Gasteiger partial charge in [-0.1, -0.05) is 11.3 Å². The molecule has 0 spiro atoms. The Hall–Kier alpha value is -2.79. The minimum atomic E-state index is -2.66. The molecule has 2 aromatic heterocycles. The number of benzene rings is 1. The van der Waals surface area contributed by atoms with Crippen LogP contribution in [-0.4, -0.2) is 15.5 Å². The van der Waals surface area contributed by atoms with Gasteiger partial charge in [-0.15, -0.1) is 0 Å². The number of hydrogen-bond donors (Lipinski definition) is 0. The molecule has 1 aliphatic rings. The first-order chi connectivity index (χ1) is 12.0. The van der Waals surface area contributed by atoms with E-state index < -0.39 is 11.8 Å². The molecular weight excluding hydrogens is 348 g/mol. The Balaban J connectivity index is 1.65. The first kappa shape index (κ1) is 15.7. The van der Waals surface area contributed by atoms with Crippen molar-refractivity contribution in [2.45, 2.75) is 18.9 Å². The van der Waals surface area contributed by atoms with E-state index in [0.717, 1.165) is 11.3 Å². The van der Waals surface area contributed by atoms with Crippen molar-refractivity contribution in [2.75, 3.05) is 0 Å². The molecule has 1 aromatic carbocycles. The van der Waals surface area contributed by atoms with E-state index in [-0.39, 0.29) is 23.7 Å². The van der Waals surface area contributed by atoms with E-state index in [1.54, 1.807) is 30.3 Å². The number of alkyl halides is 2. The highest BCUT2D eigenvalue weighted by Gasteiger charge is 2.56. The lowest BCUT2D eigenvalue weighted by Gasteiger charge is -2.07. The van der Waals surface area contributed by atoms with Crippen LogP contribution in [0.3, 0.4) is 0 Å². The highest BCUT2D eigenvalue weighted by atomic mass is 32.1. The molecular formula is C17H11F2N3O2S. The molecule has 25 heavy (non-hydrogen) atoms. The zero-order valence-corrected chi connectivity index (χ0v) is 13.6. The van der Waals surface area contributed by atoms with Gasteiger partial charge in [-0.2, -0.15) is 5.26 Å². The second-order valence-corrected chi connectivity index (χ2v) is 6.83. The lowest BCUT2D eigenvalue weighted by atomic mass is 10.3. The summed E-state index contributed by atoms with van der Waals surface area (Å²) in [6.45, 7) is 0.0187. The Morgan fingerprint density at radius 2 is 2.24 bits per heavy atom. The molecule has 0 amide bonds. The summed E-state index contributed by atoms with van der Waals surface area (Å²) in [4.78, 5) is 15.9. The summed E-state index contributed by atoms with van der Waals surface area (Å²) in [5, 5.41) is 9.07. The normalized spacial score (nSPS) is 18.0. The number of pyridine rings is 1. The second kappa shape index (κ2) is 5.63. The minimum Gasteiger partial charge on any atom is -0.438 e. The number of hydrogen-bond acceptors (Lipinski definition) is 5. The molecule has 126 valence electrons. The maximum Gasteiger partial charge on any atom is 0.308 e. The number of rotatable bonds is 4. The number of aromatic nitrogens is 2. The average molecular weight is 359 g/mol. The maximum atomic E-state index is 13.1. The molecule has 1 fully saturated rings. The van der Waals surface area contributed by atoms with Crippen molar-refractivity contribution in [3.8, 4) is 17.7 Å². The quantitative estimate of drug-likeness (QED) is 0.711. The summed E-state index contributed by atoms with van der Waals surface area (Å²) in [5.41, 5.74) is 0.899. The highest BCUT2D eigenvalue weighted by molar-refractivity contribution is 7.16. The highest BCUT2D eigenvalue weighted by Crippen LogP contribution is 2.49. The van der Waals surface area contributed by atoms with Crippen LogP contribution in [0.4, 0.5) is 8.78 Å². The fraction of sp³-hybridized carbons (Fsp3) is 0.235. The van der Waals surface area contributed by atoms with Crippen LogP contribution in [0.15, 0.2) is 41.3 Å². The van der Waals surface area contributed by atoms with Gasteiger partial charge in [-0.05, 0) is 24.3 Å². The van der Waals surface area contributed by atoms with Gasteiger partial charge in [0.05, 0.1) is 10.2 Å². The molecule has 4 rings (SSSR count). The molecule has 3 aromatic rings. The molecule has 2 heterocycles. The standard InChI is InChI=1S/C17H11F2N3O2S/c18-17(19)7-11(17)9-22-13-4-3-12(6-14(13)25-16(22)23)24-15-10(8-20)2-1-5-21-15/h1-6,11H,7,9H2. The number of halogens is 2. The average Bonchev–Trinajstić information content (AvgIpc) is 3.07. The van der Waals surface area contributed by atoms with E-state index in [1.807, 2.05) is 6.07 Å². The molecule has 0 bridgehead atoms. The topological polar surface area (TPSA) is 67.9 Å². The number of fused-ring (bicyclic) bond motifs is 1. The molecule has 0 saturated heterocycles. The smallest absolute Gasteiger partial charge is 0.308 e. The third kappa shape index (κ3) is 2.87. The van der Waals surface area contributed by atoms with E-state index in [1.165, 1.54) is 10.8 Å². The van der Waals surface area contributed by atoms with Crippen molar-refractivity contribution in [1.29, 1.82) is 5.26 Å².